The molecular formula is C23H26N4O5. The van der Waals surface area contributed by atoms with E-state index in [4.69, 9.17) is 13.9 Å². The van der Waals surface area contributed by atoms with Crippen molar-refractivity contribution in [3.63, 3.8) is 0 Å². The second-order valence-corrected chi connectivity index (χ2v) is 7.47. The SMILES string of the molecule is CCOc1cccc2cc(C(=O)NCCOc3cc(N4CCCC4)nc(C)n3)c(=O)oc12. The van der Waals surface area contributed by atoms with Crippen molar-refractivity contribution in [3.05, 3.63) is 52.1 Å². The maximum atomic E-state index is 12.5. The van der Waals surface area contributed by atoms with Gasteiger partial charge in [-0.15, -0.1) is 0 Å². The number of amides is 1. The zero-order valence-corrected chi connectivity index (χ0v) is 18.2. The van der Waals surface area contributed by atoms with Crippen LogP contribution in [0.1, 0.15) is 35.9 Å². The lowest BCUT2D eigenvalue weighted by Crippen LogP contribution is -2.31. The van der Waals surface area contributed by atoms with Crippen molar-refractivity contribution in [1.82, 2.24) is 15.3 Å². The van der Waals surface area contributed by atoms with Crippen molar-refractivity contribution in [1.29, 1.82) is 0 Å². The molecule has 1 fully saturated rings. The predicted molar refractivity (Wildman–Crippen MR) is 120 cm³/mol. The Morgan fingerprint density at radius 2 is 2.00 bits per heavy atom. The van der Waals surface area contributed by atoms with Crippen LogP contribution in [0.25, 0.3) is 11.0 Å². The summed E-state index contributed by atoms with van der Waals surface area (Å²) in [5.41, 5.74) is -0.461. The van der Waals surface area contributed by atoms with Gasteiger partial charge in [0.25, 0.3) is 5.91 Å². The Morgan fingerprint density at radius 3 is 2.78 bits per heavy atom. The van der Waals surface area contributed by atoms with Gasteiger partial charge < -0.3 is 24.1 Å². The highest BCUT2D eigenvalue weighted by Crippen LogP contribution is 2.25. The monoisotopic (exact) mass is 438 g/mol. The normalized spacial score (nSPS) is 13.4. The van der Waals surface area contributed by atoms with Gasteiger partial charge >= 0.3 is 5.63 Å². The van der Waals surface area contributed by atoms with Crippen molar-refractivity contribution in [3.8, 4) is 11.6 Å². The van der Waals surface area contributed by atoms with Gasteiger partial charge in [0.2, 0.25) is 5.88 Å². The van der Waals surface area contributed by atoms with Crippen molar-refractivity contribution in [2.24, 2.45) is 0 Å². The molecule has 1 aliphatic heterocycles. The number of rotatable bonds is 8. The molecule has 32 heavy (non-hydrogen) atoms. The highest BCUT2D eigenvalue weighted by molar-refractivity contribution is 5.97. The summed E-state index contributed by atoms with van der Waals surface area (Å²) in [7, 11) is 0. The third-order valence-corrected chi connectivity index (χ3v) is 5.14. The van der Waals surface area contributed by atoms with Crippen molar-refractivity contribution >= 4 is 22.7 Å². The lowest BCUT2D eigenvalue weighted by atomic mass is 10.1. The summed E-state index contributed by atoms with van der Waals surface area (Å²) in [5, 5.41) is 3.30. The lowest BCUT2D eigenvalue weighted by molar-refractivity contribution is 0.0943. The predicted octanol–water partition coefficient (Wildman–Crippen LogP) is 2.70. The minimum atomic E-state index is -0.718. The van der Waals surface area contributed by atoms with E-state index in [0.29, 0.717) is 35.0 Å². The van der Waals surface area contributed by atoms with E-state index < -0.39 is 11.5 Å². The molecule has 4 rings (SSSR count). The van der Waals surface area contributed by atoms with Crippen molar-refractivity contribution < 1.29 is 18.7 Å². The number of nitrogens with one attached hydrogen (secondary N) is 1. The quantitative estimate of drug-likeness (QED) is 0.423. The fourth-order valence-corrected chi connectivity index (χ4v) is 3.67. The third kappa shape index (κ3) is 4.82. The number of aromatic nitrogens is 2. The van der Waals surface area contributed by atoms with Crippen molar-refractivity contribution in [2.75, 3.05) is 37.7 Å². The number of hydrogen-bond donors (Lipinski definition) is 1. The van der Waals surface area contributed by atoms with E-state index in [1.165, 1.54) is 6.07 Å². The maximum Gasteiger partial charge on any atom is 0.349 e. The number of fused-ring (bicyclic) bond motifs is 1. The van der Waals surface area contributed by atoms with Gasteiger partial charge in [-0.1, -0.05) is 12.1 Å². The van der Waals surface area contributed by atoms with Gasteiger partial charge in [0.15, 0.2) is 11.3 Å². The van der Waals surface area contributed by atoms with Crippen LogP contribution in [0.5, 0.6) is 11.6 Å². The van der Waals surface area contributed by atoms with Crippen LogP contribution in [0, 0.1) is 6.92 Å². The molecule has 9 heteroatoms. The minimum Gasteiger partial charge on any atom is -0.490 e. The Hall–Kier alpha value is -3.62. The Labute approximate surface area is 185 Å². The number of para-hydroxylation sites is 1. The largest absolute Gasteiger partial charge is 0.490 e. The number of aryl methyl sites for hydroxylation is 1. The van der Waals surface area contributed by atoms with Crippen LogP contribution in [0.2, 0.25) is 0 Å². The number of nitrogens with zero attached hydrogens (tertiary/aromatic N) is 3. The molecule has 0 spiro atoms. The third-order valence-electron chi connectivity index (χ3n) is 5.14. The van der Waals surface area contributed by atoms with E-state index in [0.717, 1.165) is 31.7 Å². The fraction of sp³-hybridized carbons (Fsp3) is 0.391. The average molecular weight is 438 g/mol. The summed E-state index contributed by atoms with van der Waals surface area (Å²) in [5.74, 6) is 1.89. The Balaban J connectivity index is 1.38. The zero-order chi connectivity index (χ0) is 22.5. The molecule has 2 aromatic heterocycles. The number of carbonyl (C=O) groups excluding carboxylic acids is 1. The first-order chi connectivity index (χ1) is 15.5. The smallest absolute Gasteiger partial charge is 0.349 e. The summed E-state index contributed by atoms with van der Waals surface area (Å²) in [6, 6.07) is 8.58. The summed E-state index contributed by atoms with van der Waals surface area (Å²) >= 11 is 0. The second-order valence-electron chi connectivity index (χ2n) is 7.47. The van der Waals surface area contributed by atoms with Gasteiger partial charge in [-0.2, -0.15) is 4.98 Å². The molecule has 168 valence electrons. The minimum absolute atomic E-state index is 0.0691. The maximum absolute atomic E-state index is 12.5. The van der Waals surface area contributed by atoms with Crippen LogP contribution >= 0.6 is 0 Å². The molecule has 1 saturated heterocycles. The summed E-state index contributed by atoms with van der Waals surface area (Å²) in [6.45, 7) is 6.47. The molecule has 1 aromatic carbocycles. The Kier molecular flexibility index (Phi) is 6.53. The van der Waals surface area contributed by atoms with E-state index in [2.05, 4.69) is 20.2 Å². The first-order valence-electron chi connectivity index (χ1n) is 10.8. The molecule has 1 aliphatic rings. The van der Waals surface area contributed by atoms with Crippen LogP contribution in [-0.4, -0.2) is 48.7 Å². The van der Waals surface area contributed by atoms with Gasteiger partial charge in [0.1, 0.15) is 23.8 Å². The van der Waals surface area contributed by atoms with Crippen LogP contribution < -0.4 is 25.3 Å². The van der Waals surface area contributed by atoms with Crippen LogP contribution in [0.4, 0.5) is 5.82 Å². The number of carbonyl (C=O) groups is 1. The zero-order valence-electron chi connectivity index (χ0n) is 18.2. The first kappa shape index (κ1) is 21.6. The molecule has 3 heterocycles. The van der Waals surface area contributed by atoms with Gasteiger partial charge in [0.05, 0.1) is 13.2 Å². The molecule has 0 radical (unpaired) electrons. The molecule has 0 bridgehead atoms. The molecule has 0 atom stereocenters. The van der Waals surface area contributed by atoms with Crippen LogP contribution in [-0.2, 0) is 0 Å². The van der Waals surface area contributed by atoms with E-state index in [-0.39, 0.29) is 18.7 Å². The summed E-state index contributed by atoms with van der Waals surface area (Å²) in [4.78, 5) is 35.9. The highest BCUT2D eigenvalue weighted by Gasteiger charge is 2.17. The number of ether oxygens (including phenoxy) is 2. The van der Waals surface area contributed by atoms with Crippen molar-refractivity contribution in [2.45, 2.75) is 26.7 Å². The number of hydrogen-bond acceptors (Lipinski definition) is 8. The molecule has 0 saturated carbocycles. The summed E-state index contributed by atoms with van der Waals surface area (Å²) < 4.78 is 16.5. The van der Waals surface area contributed by atoms with E-state index in [9.17, 15) is 9.59 Å². The van der Waals surface area contributed by atoms with E-state index in [1.807, 2.05) is 19.9 Å². The standard InChI is InChI=1S/C23H26N4O5/c1-3-30-18-8-6-7-16-13-17(23(29)32-21(16)18)22(28)24-9-12-31-20-14-19(25-15(2)26-20)27-10-4-5-11-27/h6-8,13-14H,3-5,9-12H2,1-2H3,(H,24,28). The number of benzene rings is 1. The van der Waals surface area contributed by atoms with Gasteiger partial charge in [-0.05, 0) is 38.8 Å². The lowest BCUT2D eigenvalue weighted by Gasteiger charge is -2.17. The second kappa shape index (κ2) is 9.67. The van der Waals surface area contributed by atoms with Crippen LogP contribution in [0.15, 0.2) is 39.5 Å². The Morgan fingerprint density at radius 1 is 1.19 bits per heavy atom. The molecule has 1 N–H and O–H groups in total. The Bertz CT molecular complexity index is 1170. The molecular weight excluding hydrogens is 412 g/mol. The van der Waals surface area contributed by atoms with Gasteiger partial charge in [-0.25, -0.2) is 9.78 Å². The topological polar surface area (TPSA) is 107 Å². The van der Waals surface area contributed by atoms with Gasteiger partial charge in [-0.3, -0.25) is 4.79 Å². The molecule has 1 amide bonds. The number of anilines is 1. The van der Waals surface area contributed by atoms with Gasteiger partial charge in [0, 0.05) is 24.5 Å². The summed E-state index contributed by atoms with van der Waals surface area (Å²) in [6.07, 6.45) is 2.31. The molecule has 9 nitrogen and oxygen atoms in total. The highest BCUT2D eigenvalue weighted by atomic mass is 16.5. The fourth-order valence-electron chi connectivity index (χ4n) is 3.67. The molecule has 0 aliphatic carbocycles. The molecule has 3 aromatic rings. The first-order valence-corrected chi connectivity index (χ1v) is 10.8. The van der Waals surface area contributed by atoms with Crippen LogP contribution in [0.3, 0.4) is 0 Å². The molecule has 0 unspecified atom stereocenters. The average Bonchev–Trinajstić information content (AvgIpc) is 3.32. The van der Waals surface area contributed by atoms with E-state index in [1.54, 1.807) is 18.2 Å². The van der Waals surface area contributed by atoms with E-state index >= 15 is 0 Å².